The minimum atomic E-state index is -0.0141. The van der Waals surface area contributed by atoms with Crippen molar-refractivity contribution in [2.75, 3.05) is 12.4 Å². The highest BCUT2D eigenvalue weighted by atomic mass is 32.1. The van der Waals surface area contributed by atoms with E-state index in [9.17, 15) is 4.79 Å². The minimum Gasteiger partial charge on any atom is -0.381 e. The van der Waals surface area contributed by atoms with Crippen molar-refractivity contribution >= 4 is 34.1 Å². The van der Waals surface area contributed by atoms with Crippen molar-refractivity contribution in [2.45, 2.75) is 38.7 Å². The molecule has 2 aromatic heterocycles. The fourth-order valence-electron chi connectivity index (χ4n) is 3.40. The number of nitrogens with zero attached hydrogens (tertiary/aromatic N) is 4. The Labute approximate surface area is 161 Å². The van der Waals surface area contributed by atoms with Gasteiger partial charge in [0.05, 0.1) is 11.6 Å². The Morgan fingerprint density at radius 1 is 1.22 bits per heavy atom. The number of benzene rings is 1. The summed E-state index contributed by atoms with van der Waals surface area (Å²) in [6.45, 7) is 1.93. The van der Waals surface area contributed by atoms with E-state index >= 15 is 0 Å². The summed E-state index contributed by atoms with van der Waals surface area (Å²) >= 11 is 1.54. The molecule has 0 atom stereocenters. The molecule has 0 aliphatic heterocycles. The van der Waals surface area contributed by atoms with Crippen LogP contribution in [0.15, 0.2) is 24.4 Å². The third kappa shape index (κ3) is 3.96. The van der Waals surface area contributed by atoms with E-state index in [1.165, 1.54) is 11.3 Å². The van der Waals surface area contributed by atoms with Gasteiger partial charge in [0.2, 0.25) is 11.9 Å². The van der Waals surface area contributed by atoms with Crippen molar-refractivity contribution in [3.63, 3.8) is 0 Å². The summed E-state index contributed by atoms with van der Waals surface area (Å²) in [4.78, 5) is 21.4. The first-order chi connectivity index (χ1) is 13.1. The van der Waals surface area contributed by atoms with Gasteiger partial charge in [0.15, 0.2) is 0 Å². The number of aromatic nitrogens is 4. The minimum absolute atomic E-state index is 0.00796. The first-order valence-corrected chi connectivity index (χ1v) is 9.85. The van der Waals surface area contributed by atoms with E-state index in [1.807, 2.05) is 25.1 Å². The number of ether oxygens (including phenoxy) is 1. The van der Waals surface area contributed by atoms with Gasteiger partial charge in [-0.1, -0.05) is 23.5 Å². The molecule has 0 radical (unpaired) electrons. The molecule has 4 rings (SSSR count). The number of amides is 1. The molecule has 1 aliphatic rings. The lowest BCUT2D eigenvalue weighted by atomic mass is 9.87. The first-order valence-electron chi connectivity index (χ1n) is 9.03. The van der Waals surface area contributed by atoms with Gasteiger partial charge in [0, 0.05) is 30.2 Å². The molecule has 140 valence electrons. The van der Waals surface area contributed by atoms with Crippen LogP contribution in [0.3, 0.4) is 0 Å². The Bertz CT molecular complexity index is 966. The molecular weight excluding hydrogens is 362 g/mol. The number of aryl methyl sites for hydroxylation is 1. The number of nitrogens with one attached hydrogen (secondary N) is 1. The standard InChI is InChI=1S/C19H21N5O2S/c1-11-23-24-18(27-11)13-3-4-14-10-20-19(21-16(14)9-13)22-17(25)12-5-7-15(26-2)8-6-12/h3-4,9-10,12,15H,5-8H2,1-2H3,(H,20,21,22,25)/t12-,15+. The molecule has 1 aliphatic carbocycles. The van der Waals surface area contributed by atoms with Crippen LogP contribution in [0.25, 0.3) is 21.5 Å². The normalized spacial score (nSPS) is 19.9. The van der Waals surface area contributed by atoms with Gasteiger partial charge in [-0.15, -0.1) is 10.2 Å². The number of carbonyl (C=O) groups is 1. The largest absolute Gasteiger partial charge is 0.381 e. The number of methoxy groups -OCH3 is 1. The Morgan fingerprint density at radius 2 is 2.04 bits per heavy atom. The zero-order valence-corrected chi connectivity index (χ0v) is 16.1. The predicted octanol–water partition coefficient (Wildman–Crippen LogP) is 3.60. The smallest absolute Gasteiger partial charge is 0.229 e. The lowest BCUT2D eigenvalue weighted by Crippen LogP contribution is -2.30. The highest BCUT2D eigenvalue weighted by molar-refractivity contribution is 7.14. The van der Waals surface area contributed by atoms with Crippen LogP contribution >= 0.6 is 11.3 Å². The molecule has 1 aromatic carbocycles. The number of hydrogen-bond acceptors (Lipinski definition) is 7. The van der Waals surface area contributed by atoms with Crippen molar-refractivity contribution in [1.82, 2.24) is 20.2 Å². The summed E-state index contributed by atoms with van der Waals surface area (Å²) in [5, 5.41) is 13.8. The van der Waals surface area contributed by atoms with Crippen LogP contribution in [-0.4, -0.2) is 39.3 Å². The summed E-state index contributed by atoms with van der Waals surface area (Å²) in [6, 6.07) is 5.90. The Morgan fingerprint density at radius 3 is 2.74 bits per heavy atom. The second-order valence-corrected chi connectivity index (χ2v) is 7.97. The van der Waals surface area contributed by atoms with Crippen molar-refractivity contribution < 1.29 is 9.53 Å². The fourth-order valence-corrected chi connectivity index (χ4v) is 4.09. The second kappa shape index (κ2) is 7.66. The van der Waals surface area contributed by atoms with Gasteiger partial charge < -0.3 is 4.74 Å². The van der Waals surface area contributed by atoms with Crippen LogP contribution in [0, 0.1) is 12.8 Å². The van der Waals surface area contributed by atoms with Gasteiger partial charge in [-0.05, 0) is 38.7 Å². The van der Waals surface area contributed by atoms with Gasteiger partial charge in [-0.2, -0.15) is 0 Å². The van der Waals surface area contributed by atoms with Gasteiger partial charge in [0.25, 0.3) is 0 Å². The van der Waals surface area contributed by atoms with E-state index in [1.54, 1.807) is 13.3 Å². The summed E-state index contributed by atoms with van der Waals surface area (Å²) in [6.07, 6.45) is 5.50. The molecule has 0 bridgehead atoms. The molecule has 1 fully saturated rings. The van der Waals surface area contributed by atoms with E-state index in [2.05, 4.69) is 25.5 Å². The molecule has 2 heterocycles. The monoisotopic (exact) mass is 383 g/mol. The van der Waals surface area contributed by atoms with Crippen molar-refractivity contribution in [3.8, 4) is 10.6 Å². The molecule has 8 heteroatoms. The molecule has 0 saturated heterocycles. The average molecular weight is 383 g/mol. The SMILES string of the molecule is CO[C@H]1CC[C@@H](C(=O)Nc2ncc3ccc(-c4nnc(C)s4)cc3n2)CC1. The number of fused-ring (bicyclic) bond motifs is 1. The van der Waals surface area contributed by atoms with Crippen LogP contribution in [-0.2, 0) is 9.53 Å². The van der Waals surface area contributed by atoms with Crippen molar-refractivity contribution in [3.05, 3.63) is 29.4 Å². The van der Waals surface area contributed by atoms with Crippen LogP contribution in [0.1, 0.15) is 30.7 Å². The van der Waals surface area contributed by atoms with Crippen LogP contribution < -0.4 is 5.32 Å². The van der Waals surface area contributed by atoms with Gasteiger partial charge in [-0.25, -0.2) is 9.97 Å². The molecule has 3 aromatic rings. The van der Waals surface area contributed by atoms with Crippen LogP contribution in [0.2, 0.25) is 0 Å². The van der Waals surface area contributed by atoms with Gasteiger partial charge >= 0.3 is 0 Å². The highest BCUT2D eigenvalue weighted by Crippen LogP contribution is 2.28. The summed E-state index contributed by atoms with van der Waals surface area (Å²) in [5.74, 6) is 0.318. The number of anilines is 1. The maximum atomic E-state index is 12.5. The highest BCUT2D eigenvalue weighted by Gasteiger charge is 2.26. The van der Waals surface area contributed by atoms with Crippen LogP contribution in [0.5, 0.6) is 0 Å². The molecule has 7 nitrogen and oxygen atoms in total. The lowest BCUT2D eigenvalue weighted by molar-refractivity contribution is -0.121. The molecular formula is C19H21N5O2S. The number of hydrogen-bond donors (Lipinski definition) is 1. The lowest BCUT2D eigenvalue weighted by Gasteiger charge is -2.26. The first kappa shape index (κ1) is 17.9. The Hall–Kier alpha value is -2.45. The maximum Gasteiger partial charge on any atom is 0.229 e. The van der Waals surface area contributed by atoms with Crippen molar-refractivity contribution in [1.29, 1.82) is 0 Å². The van der Waals surface area contributed by atoms with Gasteiger partial charge in [0.1, 0.15) is 10.0 Å². The van der Waals surface area contributed by atoms with E-state index in [0.717, 1.165) is 52.2 Å². The second-order valence-electron chi connectivity index (χ2n) is 6.79. The third-order valence-corrected chi connectivity index (χ3v) is 5.86. The molecule has 1 N–H and O–H groups in total. The Balaban J connectivity index is 1.51. The molecule has 0 spiro atoms. The van der Waals surface area contributed by atoms with E-state index in [-0.39, 0.29) is 17.9 Å². The predicted molar refractivity (Wildman–Crippen MR) is 105 cm³/mol. The Kier molecular flexibility index (Phi) is 5.09. The summed E-state index contributed by atoms with van der Waals surface area (Å²) in [7, 11) is 1.73. The zero-order valence-electron chi connectivity index (χ0n) is 15.3. The van der Waals surface area contributed by atoms with Gasteiger partial charge in [-0.3, -0.25) is 10.1 Å². The van der Waals surface area contributed by atoms with E-state index in [4.69, 9.17) is 4.74 Å². The molecule has 0 unspecified atom stereocenters. The number of carbonyl (C=O) groups excluding carboxylic acids is 1. The van der Waals surface area contributed by atoms with E-state index in [0.29, 0.717) is 5.95 Å². The number of rotatable bonds is 4. The van der Waals surface area contributed by atoms with Crippen molar-refractivity contribution in [2.24, 2.45) is 5.92 Å². The molecule has 1 saturated carbocycles. The third-order valence-electron chi connectivity index (χ3n) is 4.97. The summed E-state index contributed by atoms with van der Waals surface area (Å²) < 4.78 is 5.37. The topological polar surface area (TPSA) is 89.9 Å². The summed E-state index contributed by atoms with van der Waals surface area (Å²) in [5.41, 5.74) is 1.73. The zero-order chi connectivity index (χ0) is 18.8. The average Bonchev–Trinajstić information content (AvgIpc) is 3.14. The fraction of sp³-hybridized carbons (Fsp3) is 0.421. The van der Waals surface area contributed by atoms with Crippen LogP contribution in [0.4, 0.5) is 5.95 Å². The molecule has 1 amide bonds. The maximum absolute atomic E-state index is 12.5. The molecule has 27 heavy (non-hydrogen) atoms. The quantitative estimate of drug-likeness (QED) is 0.740. The van der Waals surface area contributed by atoms with E-state index < -0.39 is 0 Å².